The predicted molar refractivity (Wildman–Crippen MR) is 77.2 cm³/mol. The molecule has 1 unspecified atom stereocenters. The summed E-state index contributed by atoms with van der Waals surface area (Å²) in [6.07, 6.45) is 0. The molecule has 0 aromatic carbocycles. The van der Waals surface area contributed by atoms with Crippen molar-refractivity contribution in [2.24, 2.45) is 5.92 Å². The van der Waals surface area contributed by atoms with E-state index < -0.39 is 0 Å². The Morgan fingerprint density at radius 1 is 1.32 bits per heavy atom. The largest absolute Gasteiger partial charge is 0.407 e. The summed E-state index contributed by atoms with van der Waals surface area (Å²) in [5.74, 6) is 1.22. The van der Waals surface area contributed by atoms with Gasteiger partial charge in [-0.15, -0.1) is 16.4 Å². The van der Waals surface area contributed by atoms with E-state index in [0.717, 1.165) is 6.54 Å². The molecule has 0 aliphatic rings. The first-order valence-corrected chi connectivity index (χ1v) is 7.36. The van der Waals surface area contributed by atoms with Crippen LogP contribution in [0.5, 0.6) is 0 Å². The summed E-state index contributed by atoms with van der Waals surface area (Å²) in [5, 5.41) is 16.5. The van der Waals surface area contributed by atoms with Crippen molar-refractivity contribution in [2.45, 2.75) is 33.4 Å². The molecule has 0 spiro atoms. The predicted octanol–water partition coefficient (Wildman–Crippen LogP) is 3.05. The maximum atomic E-state index is 5.54. The summed E-state index contributed by atoms with van der Waals surface area (Å²) in [5.41, 5.74) is 0. The molecule has 19 heavy (non-hydrogen) atoms. The van der Waals surface area contributed by atoms with Crippen LogP contribution in [0.3, 0.4) is 0 Å². The molecule has 0 aliphatic carbocycles. The number of nitrogens with zero attached hydrogens (tertiary/aromatic N) is 2. The van der Waals surface area contributed by atoms with E-state index in [4.69, 9.17) is 4.42 Å². The van der Waals surface area contributed by atoms with Crippen LogP contribution in [0.2, 0.25) is 0 Å². The van der Waals surface area contributed by atoms with E-state index in [1.807, 2.05) is 6.07 Å². The molecule has 2 N–H and O–H groups in total. The maximum Gasteiger partial charge on any atom is 0.316 e. The molecule has 5 nitrogen and oxygen atoms in total. The van der Waals surface area contributed by atoms with E-state index in [9.17, 15) is 0 Å². The first kappa shape index (κ1) is 14.0. The zero-order chi connectivity index (χ0) is 13.7. The van der Waals surface area contributed by atoms with E-state index in [2.05, 4.69) is 53.0 Å². The van der Waals surface area contributed by atoms with Gasteiger partial charge in [-0.2, -0.15) is 0 Å². The van der Waals surface area contributed by atoms with Crippen LogP contribution in [0.1, 0.15) is 37.6 Å². The third-order valence-corrected chi connectivity index (χ3v) is 3.66. The zero-order valence-electron chi connectivity index (χ0n) is 11.5. The van der Waals surface area contributed by atoms with Gasteiger partial charge in [-0.25, -0.2) is 0 Å². The fourth-order valence-corrected chi connectivity index (χ4v) is 2.38. The van der Waals surface area contributed by atoms with Crippen molar-refractivity contribution in [1.82, 2.24) is 15.5 Å². The quantitative estimate of drug-likeness (QED) is 0.816. The summed E-state index contributed by atoms with van der Waals surface area (Å²) in [6, 6.07) is 4.77. The van der Waals surface area contributed by atoms with Gasteiger partial charge in [0.25, 0.3) is 0 Å². The highest BCUT2D eigenvalue weighted by molar-refractivity contribution is 7.10. The van der Waals surface area contributed by atoms with Crippen LogP contribution < -0.4 is 10.6 Å². The number of aromatic nitrogens is 2. The second-order valence-corrected chi connectivity index (χ2v) is 5.89. The Morgan fingerprint density at radius 2 is 2.16 bits per heavy atom. The lowest BCUT2D eigenvalue weighted by Crippen LogP contribution is -2.19. The second kappa shape index (κ2) is 6.68. The minimum absolute atomic E-state index is 0.178. The Kier molecular flexibility index (Phi) is 4.93. The van der Waals surface area contributed by atoms with Gasteiger partial charge < -0.3 is 15.1 Å². The molecule has 6 heteroatoms. The molecule has 0 radical (unpaired) electrons. The number of hydrogen-bond donors (Lipinski definition) is 2. The van der Waals surface area contributed by atoms with Gasteiger partial charge >= 0.3 is 6.01 Å². The molecule has 2 aromatic heterocycles. The average Bonchev–Trinajstić information content (AvgIpc) is 2.99. The number of hydrogen-bond acceptors (Lipinski definition) is 6. The first-order valence-electron chi connectivity index (χ1n) is 6.48. The summed E-state index contributed by atoms with van der Waals surface area (Å²) < 4.78 is 5.54. The molecule has 0 amide bonds. The Morgan fingerprint density at radius 3 is 2.84 bits per heavy atom. The minimum Gasteiger partial charge on any atom is -0.407 e. The molecular formula is C13H20N4OS. The monoisotopic (exact) mass is 280 g/mol. The number of rotatable bonds is 7. The van der Waals surface area contributed by atoms with Crippen molar-refractivity contribution in [3.63, 3.8) is 0 Å². The molecule has 1 atom stereocenters. The van der Waals surface area contributed by atoms with Gasteiger partial charge in [0, 0.05) is 4.88 Å². The van der Waals surface area contributed by atoms with Gasteiger partial charge in [-0.3, -0.25) is 0 Å². The van der Waals surface area contributed by atoms with Crippen LogP contribution in [0.4, 0.5) is 6.01 Å². The van der Waals surface area contributed by atoms with Crippen molar-refractivity contribution in [2.75, 3.05) is 11.9 Å². The first-order chi connectivity index (χ1) is 9.15. The van der Waals surface area contributed by atoms with Crippen molar-refractivity contribution < 1.29 is 4.42 Å². The van der Waals surface area contributed by atoms with E-state index in [1.54, 1.807) is 11.3 Å². The third-order valence-electron chi connectivity index (χ3n) is 2.61. The topological polar surface area (TPSA) is 63.0 Å². The molecule has 2 rings (SSSR count). The van der Waals surface area contributed by atoms with Gasteiger partial charge in [-0.1, -0.05) is 25.0 Å². The van der Waals surface area contributed by atoms with Crippen LogP contribution in [-0.2, 0) is 6.54 Å². The Balaban J connectivity index is 1.83. The van der Waals surface area contributed by atoms with Crippen LogP contribution in [-0.4, -0.2) is 16.7 Å². The number of anilines is 1. The fraction of sp³-hybridized carbons (Fsp3) is 0.538. The van der Waals surface area contributed by atoms with Crippen molar-refractivity contribution in [3.8, 4) is 0 Å². The molecule has 0 fully saturated rings. The summed E-state index contributed by atoms with van der Waals surface area (Å²) >= 11 is 1.71. The van der Waals surface area contributed by atoms with Gasteiger partial charge in [-0.05, 0) is 30.8 Å². The molecule has 0 saturated heterocycles. The lowest BCUT2D eigenvalue weighted by atomic mass is 10.2. The van der Waals surface area contributed by atoms with Crippen molar-refractivity contribution in [1.29, 1.82) is 0 Å². The van der Waals surface area contributed by atoms with Crippen LogP contribution >= 0.6 is 11.3 Å². The van der Waals surface area contributed by atoms with E-state index in [1.165, 1.54) is 4.88 Å². The normalized spacial score (nSPS) is 12.8. The van der Waals surface area contributed by atoms with Gasteiger partial charge in [0.1, 0.15) is 0 Å². The third kappa shape index (κ3) is 4.33. The van der Waals surface area contributed by atoms with Crippen LogP contribution in [0.15, 0.2) is 21.9 Å². The summed E-state index contributed by atoms with van der Waals surface area (Å²) in [4.78, 5) is 1.25. The van der Waals surface area contributed by atoms with Gasteiger partial charge in [0.2, 0.25) is 5.89 Å². The Bertz CT molecular complexity index is 481. The lowest BCUT2D eigenvalue weighted by molar-refractivity contribution is 0.457. The number of nitrogens with one attached hydrogen (secondary N) is 2. The molecular weight excluding hydrogens is 260 g/mol. The molecule has 104 valence electrons. The second-order valence-electron chi connectivity index (χ2n) is 4.91. The highest BCUT2D eigenvalue weighted by Gasteiger charge is 2.11. The fourth-order valence-electron chi connectivity index (χ4n) is 1.65. The molecule has 0 bridgehead atoms. The molecule has 2 heterocycles. The molecule has 0 aliphatic heterocycles. The smallest absolute Gasteiger partial charge is 0.316 e. The van der Waals surface area contributed by atoms with Crippen LogP contribution in [0, 0.1) is 5.92 Å². The van der Waals surface area contributed by atoms with Crippen molar-refractivity contribution >= 4 is 17.4 Å². The maximum absolute atomic E-state index is 5.54. The summed E-state index contributed by atoms with van der Waals surface area (Å²) in [7, 11) is 0. The molecule has 2 aromatic rings. The standard InChI is InChI=1S/C13H20N4OS/c1-9(2)7-14-8-12-16-17-13(18-12)15-10(3)11-5-4-6-19-11/h4-6,9-10,14H,7-8H2,1-3H3,(H,15,17). The van der Waals surface area contributed by atoms with Gasteiger partial charge in [0.05, 0.1) is 12.6 Å². The van der Waals surface area contributed by atoms with Crippen LogP contribution in [0.25, 0.3) is 0 Å². The van der Waals surface area contributed by atoms with Crippen molar-refractivity contribution in [3.05, 3.63) is 28.3 Å². The molecule has 0 saturated carbocycles. The van der Waals surface area contributed by atoms with Gasteiger partial charge in [0.15, 0.2) is 0 Å². The van der Waals surface area contributed by atoms with E-state index >= 15 is 0 Å². The Labute approximate surface area is 117 Å². The summed E-state index contributed by atoms with van der Waals surface area (Å²) in [6.45, 7) is 7.96. The average molecular weight is 280 g/mol. The van der Waals surface area contributed by atoms with E-state index in [0.29, 0.717) is 24.4 Å². The SMILES string of the molecule is CC(C)CNCc1nnc(NC(C)c2cccs2)o1. The zero-order valence-corrected chi connectivity index (χ0v) is 12.3. The lowest BCUT2D eigenvalue weighted by Gasteiger charge is -2.08. The highest BCUT2D eigenvalue weighted by Crippen LogP contribution is 2.22. The minimum atomic E-state index is 0.178. The van der Waals surface area contributed by atoms with E-state index in [-0.39, 0.29) is 6.04 Å². The highest BCUT2D eigenvalue weighted by atomic mass is 32.1. The number of thiophene rings is 1. The Hall–Kier alpha value is -1.40.